The van der Waals surface area contributed by atoms with Gasteiger partial charge in [-0.3, -0.25) is 4.79 Å². The van der Waals surface area contributed by atoms with Crippen LogP contribution < -0.4 is 10.2 Å². The van der Waals surface area contributed by atoms with Crippen LogP contribution in [0, 0.1) is 11.3 Å². The summed E-state index contributed by atoms with van der Waals surface area (Å²) in [4.78, 5) is 14.4. The second-order valence-corrected chi connectivity index (χ2v) is 9.10. The van der Waals surface area contributed by atoms with Crippen molar-refractivity contribution < 1.29 is 9.53 Å². The number of benzene rings is 1. The van der Waals surface area contributed by atoms with Crippen molar-refractivity contribution >= 4 is 27.6 Å². The topological polar surface area (TPSA) is 41.6 Å². The van der Waals surface area contributed by atoms with Crippen LogP contribution in [-0.2, 0) is 9.53 Å². The molecule has 0 bridgehead atoms. The van der Waals surface area contributed by atoms with Crippen molar-refractivity contribution in [2.75, 3.05) is 25.1 Å². The zero-order valence-electron chi connectivity index (χ0n) is 14.9. The normalized spacial score (nSPS) is 26.0. The highest BCUT2D eigenvalue weighted by atomic mass is 79.9. The fourth-order valence-electron chi connectivity index (χ4n) is 3.94. The molecule has 1 saturated heterocycles. The number of carbonyl (C=O) groups excluding carboxylic acids is 1. The molecule has 2 aliphatic rings. The van der Waals surface area contributed by atoms with Gasteiger partial charge in [-0.15, -0.1) is 0 Å². The predicted octanol–water partition coefficient (Wildman–Crippen LogP) is 3.90. The molecular weight excluding hydrogens is 368 g/mol. The van der Waals surface area contributed by atoms with Crippen LogP contribution in [0.15, 0.2) is 22.7 Å². The fraction of sp³-hybridized carbons (Fsp3) is 0.632. The second kappa shape index (κ2) is 6.68. The molecule has 0 saturated carbocycles. The van der Waals surface area contributed by atoms with E-state index >= 15 is 0 Å². The first-order valence-corrected chi connectivity index (χ1v) is 9.47. The van der Waals surface area contributed by atoms with E-state index in [0.717, 1.165) is 17.4 Å². The van der Waals surface area contributed by atoms with Gasteiger partial charge in [0.25, 0.3) is 0 Å². The van der Waals surface area contributed by atoms with Gasteiger partial charge in [-0.25, -0.2) is 0 Å². The summed E-state index contributed by atoms with van der Waals surface area (Å²) in [6, 6.07) is 7.01. The molecule has 0 spiro atoms. The van der Waals surface area contributed by atoms with Gasteiger partial charge in [0.2, 0.25) is 0 Å². The Kier molecular flexibility index (Phi) is 4.94. The van der Waals surface area contributed by atoms with Crippen molar-refractivity contribution in [3.05, 3.63) is 28.2 Å². The summed E-state index contributed by atoms with van der Waals surface area (Å²) in [5.41, 5.74) is 2.53. The highest BCUT2D eigenvalue weighted by molar-refractivity contribution is 9.10. The summed E-state index contributed by atoms with van der Waals surface area (Å²) in [5.74, 6) is 0.374. The molecule has 2 aliphatic heterocycles. The number of fused-ring (bicyclic) bond motifs is 3. The minimum atomic E-state index is -0.0972. The Morgan fingerprint density at radius 2 is 2.17 bits per heavy atom. The summed E-state index contributed by atoms with van der Waals surface area (Å²) < 4.78 is 6.77. The molecule has 1 aromatic rings. The zero-order chi connectivity index (χ0) is 17.5. The minimum Gasteiger partial charge on any atom is -0.463 e. The molecule has 0 amide bonds. The molecule has 3 atom stereocenters. The maximum Gasteiger partial charge on any atom is 0.306 e. The smallest absolute Gasteiger partial charge is 0.306 e. The van der Waals surface area contributed by atoms with Gasteiger partial charge in [-0.2, -0.15) is 0 Å². The Bertz CT molecular complexity index is 626. The van der Waals surface area contributed by atoms with E-state index in [2.05, 4.69) is 72.2 Å². The fourth-order valence-corrected chi connectivity index (χ4v) is 4.32. The van der Waals surface area contributed by atoms with Gasteiger partial charge < -0.3 is 15.0 Å². The Morgan fingerprint density at radius 1 is 1.42 bits per heavy atom. The molecule has 1 fully saturated rings. The van der Waals surface area contributed by atoms with E-state index in [4.69, 9.17) is 4.74 Å². The number of nitrogens with zero attached hydrogens (tertiary/aromatic N) is 1. The first-order valence-electron chi connectivity index (χ1n) is 8.67. The van der Waals surface area contributed by atoms with Crippen LogP contribution in [0.4, 0.5) is 5.69 Å². The van der Waals surface area contributed by atoms with Crippen molar-refractivity contribution in [3.63, 3.8) is 0 Å². The van der Waals surface area contributed by atoms with Crippen LogP contribution in [0.2, 0.25) is 0 Å². The molecular formula is C19H27BrN2O2. The summed E-state index contributed by atoms with van der Waals surface area (Å²) in [6.45, 7) is 7.66. The molecule has 132 valence electrons. The van der Waals surface area contributed by atoms with E-state index in [9.17, 15) is 4.79 Å². The van der Waals surface area contributed by atoms with Gasteiger partial charge in [0.1, 0.15) is 6.61 Å². The van der Waals surface area contributed by atoms with E-state index in [1.807, 2.05) is 0 Å². The molecule has 24 heavy (non-hydrogen) atoms. The van der Waals surface area contributed by atoms with Crippen LogP contribution in [0.25, 0.3) is 0 Å². The van der Waals surface area contributed by atoms with Gasteiger partial charge in [-0.05, 0) is 42.1 Å². The first kappa shape index (κ1) is 17.7. The Balaban J connectivity index is 1.77. The van der Waals surface area contributed by atoms with Gasteiger partial charge in [0.05, 0.1) is 12.5 Å². The summed E-state index contributed by atoms with van der Waals surface area (Å²) >= 11 is 3.58. The van der Waals surface area contributed by atoms with Gasteiger partial charge >= 0.3 is 5.97 Å². The van der Waals surface area contributed by atoms with Crippen molar-refractivity contribution in [1.82, 2.24) is 5.32 Å². The number of carbonyl (C=O) groups is 1. The van der Waals surface area contributed by atoms with Crippen LogP contribution in [0.3, 0.4) is 0 Å². The zero-order valence-corrected chi connectivity index (χ0v) is 16.5. The number of rotatable bonds is 3. The van der Waals surface area contributed by atoms with Gasteiger partial charge in [0.15, 0.2) is 0 Å². The standard InChI is InChI=1S/C19H27BrN2O2/c1-19(2,3)10-17(23)24-11-16-13-7-8-21-18(13)14-9-12(20)5-6-15(14)22(16)4/h5-6,9,13,16,18,21H,7-8,10-11H2,1-4H3/t13-,16+,18?/m1/s1. The quantitative estimate of drug-likeness (QED) is 0.789. The Hall–Kier alpha value is -1.07. The van der Waals surface area contributed by atoms with Crippen LogP contribution >= 0.6 is 15.9 Å². The van der Waals surface area contributed by atoms with Crippen LogP contribution in [0.5, 0.6) is 0 Å². The number of likely N-dealkylation sites (N-methyl/N-ethyl adjacent to an activating group) is 1. The molecule has 0 aliphatic carbocycles. The Morgan fingerprint density at radius 3 is 2.88 bits per heavy atom. The van der Waals surface area contributed by atoms with Crippen molar-refractivity contribution in [1.29, 1.82) is 0 Å². The highest BCUT2D eigenvalue weighted by Gasteiger charge is 2.42. The molecule has 1 N–H and O–H groups in total. The summed E-state index contributed by atoms with van der Waals surface area (Å²) in [7, 11) is 2.11. The average Bonchev–Trinajstić information content (AvgIpc) is 2.94. The third kappa shape index (κ3) is 3.62. The van der Waals surface area contributed by atoms with E-state index < -0.39 is 0 Å². The number of ether oxygens (including phenoxy) is 1. The number of anilines is 1. The maximum absolute atomic E-state index is 12.1. The SMILES string of the molecule is CN1c2ccc(Br)cc2C2NCC[C@@H]2[C@@H]1COC(=O)CC(C)(C)C. The van der Waals surface area contributed by atoms with E-state index in [1.54, 1.807) is 0 Å². The van der Waals surface area contributed by atoms with Crippen LogP contribution in [0.1, 0.15) is 45.2 Å². The highest BCUT2D eigenvalue weighted by Crippen LogP contribution is 2.45. The lowest BCUT2D eigenvalue weighted by Gasteiger charge is -2.43. The number of nitrogens with one attached hydrogen (secondary N) is 1. The minimum absolute atomic E-state index is 0.0358. The number of halogens is 1. The van der Waals surface area contributed by atoms with Crippen LogP contribution in [-0.4, -0.2) is 32.2 Å². The van der Waals surface area contributed by atoms with E-state index in [0.29, 0.717) is 25.0 Å². The lowest BCUT2D eigenvalue weighted by atomic mass is 9.82. The molecule has 5 heteroatoms. The van der Waals surface area contributed by atoms with Crippen molar-refractivity contribution in [2.45, 2.75) is 45.7 Å². The average molecular weight is 395 g/mol. The van der Waals surface area contributed by atoms with Crippen molar-refractivity contribution in [3.8, 4) is 0 Å². The summed E-state index contributed by atoms with van der Waals surface area (Å²) in [5, 5.41) is 3.63. The molecule has 1 unspecified atom stereocenters. The molecule has 4 nitrogen and oxygen atoms in total. The maximum atomic E-state index is 12.1. The van der Waals surface area contributed by atoms with Gasteiger partial charge in [-0.1, -0.05) is 36.7 Å². The predicted molar refractivity (Wildman–Crippen MR) is 100 cm³/mol. The number of esters is 1. The molecule has 0 radical (unpaired) electrons. The van der Waals surface area contributed by atoms with Crippen molar-refractivity contribution in [2.24, 2.45) is 11.3 Å². The third-order valence-electron chi connectivity index (χ3n) is 5.06. The Labute approximate surface area is 153 Å². The number of hydrogen-bond donors (Lipinski definition) is 1. The summed E-state index contributed by atoms with van der Waals surface area (Å²) in [6.07, 6.45) is 1.57. The second-order valence-electron chi connectivity index (χ2n) is 8.19. The molecule has 0 aromatic heterocycles. The largest absolute Gasteiger partial charge is 0.463 e. The van der Waals surface area contributed by atoms with E-state index in [-0.39, 0.29) is 17.4 Å². The molecule has 1 aromatic carbocycles. The lowest BCUT2D eigenvalue weighted by molar-refractivity contribution is -0.146. The molecule has 2 heterocycles. The third-order valence-corrected chi connectivity index (χ3v) is 5.55. The number of hydrogen-bond acceptors (Lipinski definition) is 4. The lowest BCUT2D eigenvalue weighted by Crippen LogP contribution is -2.48. The first-order chi connectivity index (χ1) is 11.3. The molecule has 3 rings (SSSR count). The monoisotopic (exact) mass is 394 g/mol. The van der Waals surface area contributed by atoms with E-state index in [1.165, 1.54) is 11.3 Å². The van der Waals surface area contributed by atoms with Gasteiger partial charge in [0, 0.05) is 29.2 Å².